The zero-order chi connectivity index (χ0) is 15.1. The Hall–Kier alpha value is -2.04. The Kier molecular flexibility index (Phi) is 5.60. The van der Waals surface area contributed by atoms with E-state index in [4.69, 9.17) is 0 Å². The Morgan fingerprint density at radius 3 is 2.52 bits per heavy atom. The average Bonchev–Trinajstić information content (AvgIpc) is 3.27. The number of urea groups is 1. The fraction of sp³-hybridized carbons (Fsp3) is 0.500. The minimum atomic E-state index is -0.135. The third kappa shape index (κ3) is 5.85. The van der Waals surface area contributed by atoms with Crippen LogP contribution in [0.4, 0.5) is 4.79 Å². The number of nitrogens with zero attached hydrogens (tertiary/aromatic N) is 1. The van der Waals surface area contributed by atoms with Crippen molar-refractivity contribution in [2.45, 2.75) is 32.2 Å². The molecule has 3 amide bonds. The van der Waals surface area contributed by atoms with Gasteiger partial charge in [0.05, 0.1) is 0 Å². The fourth-order valence-corrected chi connectivity index (χ4v) is 2.10. The van der Waals surface area contributed by atoms with Gasteiger partial charge in [-0.25, -0.2) is 4.79 Å². The number of amides is 3. The van der Waals surface area contributed by atoms with Gasteiger partial charge in [-0.05, 0) is 24.8 Å². The third-order valence-corrected chi connectivity index (χ3v) is 3.54. The molecule has 0 atom stereocenters. The first-order chi connectivity index (χ1) is 10.1. The Bertz CT molecular complexity index is 472. The second-order valence-electron chi connectivity index (χ2n) is 5.42. The van der Waals surface area contributed by atoms with Gasteiger partial charge in [0.1, 0.15) is 0 Å². The maximum atomic E-state index is 11.6. The second-order valence-corrected chi connectivity index (χ2v) is 5.42. The summed E-state index contributed by atoms with van der Waals surface area (Å²) >= 11 is 0. The first kappa shape index (κ1) is 15.4. The fourth-order valence-electron chi connectivity index (χ4n) is 2.10. The third-order valence-electron chi connectivity index (χ3n) is 3.54. The molecule has 21 heavy (non-hydrogen) atoms. The van der Waals surface area contributed by atoms with Gasteiger partial charge < -0.3 is 15.5 Å². The van der Waals surface area contributed by atoms with Crippen LogP contribution in [-0.2, 0) is 11.2 Å². The molecule has 1 saturated carbocycles. The van der Waals surface area contributed by atoms with Crippen LogP contribution in [0.15, 0.2) is 30.3 Å². The summed E-state index contributed by atoms with van der Waals surface area (Å²) in [7, 11) is 0. The predicted octanol–water partition coefficient (Wildman–Crippen LogP) is 1.54. The molecular weight excluding hydrogens is 266 g/mol. The summed E-state index contributed by atoms with van der Waals surface area (Å²) < 4.78 is 0. The molecule has 5 heteroatoms. The lowest BCUT2D eigenvalue weighted by Gasteiger charge is -2.21. The van der Waals surface area contributed by atoms with Gasteiger partial charge in [-0.2, -0.15) is 0 Å². The van der Waals surface area contributed by atoms with Crippen molar-refractivity contribution < 1.29 is 9.59 Å². The molecule has 0 aromatic heterocycles. The van der Waals surface area contributed by atoms with Crippen LogP contribution in [0.1, 0.15) is 25.3 Å². The SMILES string of the molecule is CC(=O)N(CCNC(=O)NC1CC1)CCc1ccccc1. The van der Waals surface area contributed by atoms with E-state index in [0.29, 0.717) is 25.7 Å². The highest BCUT2D eigenvalue weighted by molar-refractivity contribution is 5.75. The van der Waals surface area contributed by atoms with E-state index in [1.165, 1.54) is 5.56 Å². The maximum Gasteiger partial charge on any atom is 0.315 e. The van der Waals surface area contributed by atoms with Crippen LogP contribution in [0.25, 0.3) is 0 Å². The highest BCUT2D eigenvalue weighted by atomic mass is 16.2. The van der Waals surface area contributed by atoms with Crippen molar-refractivity contribution in [1.82, 2.24) is 15.5 Å². The lowest BCUT2D eigenvalue weighted by atomic mass is 10.1. The van der Waals surface area contributed by atoms with Gasteiger partial charge in [-0.15, -0.1) is 0 Å². The largest absolute Gasteiger partial charge is 0.341 e. The lowest BCUT2D eigenvalue weighted by molar-refractivity contribution is -0.128. The number of rotatable bonds is 7. The van der Waals surface area contributed by atoms with E-state index in [2.05, 4.69) is 22.8 Å². The van der Waals surface area contributed by atoms with Gasteiger partial charge in [0.2, 0.25) is 5.91 Å². The Balaban J connectivity index is 1.68. The van der Waals surface area contributed by atoms with E-state index in [-0.39, 0.29) is 11.9 Å². The van der Waals surface area contributed by atoms with Crippen molar-refractivity contribution in [3.05, 3.63) is 35.9 Å². The molecule has 0 unspecified atom stereocenters. The minimum Gasteiger partial charge on any atom is -0.341 e. The molecule has 0 radical (unpaired) electrons. The van der Waals surface area contributed by atoms with Gasteiger partial charge in [0.15, 0.2) is 0 Å². The van der Waals surface area contributed by atoms with E-state index in [1.807, 2.05) is 18.2 Å². The summed E-state index contributed by atoms with van der Waals surface area (Å²) in [5, 5.41) is 5.65. The lowest BCUT2D eigenvalue weighted by Crippen LogP contribution is -2.42. The molecule has 2 N–H and O–H groups in total. The highest BCUT2D eigenvalue weighted by Gasteiger charge is 2.22. The van der Waals surface area contributed by atoms with Crippen molar-refractivity contribution >= 4 is 11.9 Å². The molecule has 1 aliphatic carbocycles. The Morgan fingerprint density at radius 2 is 1.90 bits per heavy atom. The van der Waals surface area contributed by atoms with Crippen molar-refractivity contribution in [2.24, 2.45) is 0 Å². The number of carbonyl (C=O) groups is 2. The quantitative estimate of drug-likeness (QED) is 0.800. The minimum absolute atomic E-state index is 0.0373. The van der Waals surface area contributed by atoms with Gasteiger partial charge >= 0.3 is 6.03 Å². The smallest absolute Gasteiger partial charge is 0.315 e. The van der Waals surface area contributed by atoms with Gasteiger partial charge in [0, 0.05) is 32.6 Å². The molecule has 0 aliphatic heterocycles. The predicted molar refractivity (Wildman–Crippen MR) is 82.0 cm³/mol. The molecule has 0 spiro atoms. The summed E-state index contributed by atoms with van der Waals surface area (Å²) in [6, 6.07) is 10.3. The summed E-state index contributed by atoms with van der Waals surface area (Å²) in [6.07, 6.45) is 2.98. The van der Waals surface area contributed by atoms with Crippen molar-refractivity contribution in [3.8, 4) is 0 Å². The van der Waals surface area contributed by atoms with E-state index >= 15 is 0 Å². The zero-order valence-electron chi connectivity index (χ0n) is 12.5. The van der Waals surface area contributed by atoms with E-state index in [0.717, 1.165) is 19.3 Å². The summed E-state index contributed by atoms with van der Waals surface area (Å²) in [4.78, 5) is 24.9. The second kappa shape index (κ2) is 7.67. The number of benzene rings is 1. The Labute approximate surface area is 125 Å². The Morgan fingerprint density at radius 1 is 1.19 bits per heavy atom. The number of hydrogen-bond acceptors (Lipinski definition) is 2. The normalized spacial score (nSPS) is 13.6. The molecule has 2 rings (SSSR count). The van der Waals surface area contributed by atoms with Crippen LogP contribution < -0.4 is 10.6 Å². The van der Waals surface area contributed by atoms with Gasteiger partial charge in [-0.1, -0.05) is 30.3 Å². The van der Waals surface area contributed by atoms with E-state index < -0.39 is 0 Å². The van der Waals surface area contributed by atoms with Crippen LogP contribution in [0.2, 0.25) is 0 Å². The van der Waals surface area contributed by atoms with Crippen LogP contribution in [0, 0.1) is 0 Å². The van der Waals surface area contributed by atoms with Gasteiger partial charge in [0.25, 0.3) is 0 Å². The molecule has 1 aromatic carbocycles. The molecule has 1 aliphatic rings. The van der Waals surface area contributed by atoms with Gasteiger partial charge in [-0.3, -0.25) is 4.79 Å². The standard InChI is InChI=1S/C16H23N3O2/c1-13(20)19(11-9-14-5-3-2-4-6-14)12-10-17-16(21)18-15-7-8-15/h2-6,15H,7-12H2,1H3,(H2,17,18,21). The topological polar surface area (TPSA) is 61.4 Å². The average molecular weight is 289 g/mol. The molecule has 0 bridgehead atoms. The first-order valence-corrected chi connectivity index (χ1v) is 7.49. The molecule has 1 fully saturated rings. The molecular formula is C16H23N3O2. The summed E-state index contributed by atoms with van der Waals surface area (Å²) in [6.45, 7) is 3.26. The van der Waals surface area contributed by atoms with Crippen LogP contribution >= 0.6 is 0 Å². The maximum absolute atomic E-state index is 11.6. The number of carbonyl (C=O) groups excluding carboxylic acids is 2. The molecule has 114 valence electrons. The summed E-state index contributed by atoms with van der Waals surface area (Å²) in [5.41, 5.74) is 1.21. The first-order valence-electron chi connectivity index (χ1n) is 7.49. The van der Waals surface area contributed by atoms with Crippen LogP contribution in [-0.4, -0.2) is 42.5 Å². The molecule has 0 saturated heterocycles. The molecule has 5 nitrogen and oxygen atoms in total. The zero-order valence-corrected chi connectivity index (χ0v) is 12.5. The number of nitrogens with one attached hydrogen (secondary N) is 2. The summed E-state index contributed by atoms with van der Waals surface area (Å²) in [5.74, 6) is 0.0373. The van der Waals surface area contributed by atoms with Crippen molar-refractivity contribution in [1.29, 1.82) is 0 Å². The highest BCUT2D eigenvalue weighted by Crippen LogP contribution is 2.18. The van der Waals surface area contributed by atoms with Crippen LogP contribution in [0.5, 0.6) is 0 Å². The van der Waals surface area contributed by atoms with Crippen LogP contribution in [0.3, 0.4) is 0 Å². The van der Waals surface area contributed by atoms with E-state index in [9.17, 15) is 9.59 Å². The molecule has 0 heterocycles. The van der Waals surface area contributed by atoms with Crippen molar-refractivity contribution in [2.75, 3.05) is 19.6 Å². The monoisotopic (exact) mass is 289 g/mol. The molecule has 1 aromatic rings. The van der Waals surface area contributed by atoms with Crippen molar-refractivity contribution in [3.63, 3.8) is 0 Å². The van der Waals surface area contributed by atoms with E-state index in [1.54, 1.807) is 11.8 Å². The number of hydrogen-bond donors (Lipinski definition) is 2.